The summed E-state index contributed by atoms with van der Waals surface area (Å²) in [6.45, 7) is 7.58. The van der Waals surface area contributed by atoms with Gasteiger partial charge in [-0.1, -0.05) is 0 Å². The van der Waals surface area contributed by atoms with Crippen LogP contribution in [0, 0.1) is 12.1 Å². The van der Waals surface area contributed by atoms with Gasteiger partial charge >= 0.3 is 325 Å². The van der Waals surface area contributed by atoms with Crippen LogP contribution in [0.15, 0.2) is 157 Å². The first kappa shape index (κ1) is 38.7. The van der Waals surface area contributed by atoms with E-state index in [1.54, 1.807) is 31.2 Å². The van der Waals surface area contributed by atoms with E-state index in [2.05, 4.69) is 27.2 Å². The van der Waals surface area contributed by atoms with E-state index in [1.165, 1.54) is 6.08 Å². The summed E-state index contributed by atoms with van der Waals surface area (Å²) in [5.74, 6) is 1.21. The number of fused-ring (bicyclic) bond motifs is 1. The molecule has 55 heavy (non-hydrogen) atoms. The average molecular weight is 804 g/mol. The van der Waals surface area contributed by atoms with Crippen LogP contribution in [0.3, 0.4) is 0 Å². The maximum absolute atomic E-state index is 10.8. The van der Waals surface area contributed by atoms with E-state index in [1.807, 2.05) is 130 Å². The predicted octanol–water partition coefficient (Wildman–Crippen LogP) is 9.74. The van der Waals surface area contributed by atoms with Crippen LogP contribution in [-0.2, 0) is 9.05 Å². The Labute approximate surface area is 324 Å². The SMILES string of the molecule is C/C=C\C=C(/C)O[PH]1(Oc2cc#ccc2)NC2C(Oc3ccccc3)[PH]2(Oc2ccccc2)NC(C)[PH](Oc2ccccc2)(OC2(C)C=C(O)C=C(O)C2)N1. The molecule has 0 aromatic heterocycles. The molecule has 1 aliphatic carbocycles. The van der Waals surface area contributed by atoms with Gasteiger partial charge in [-0.15, -0.1) is 0 Å². The predicted molar refractivity (Wildman–Crippen MR) is 223 cm³/mol. The van der Waals surface area contributed by atoms with Gasteiger partial charge < -0.3 is 0 Å². The van der Waals surface area contributed by atoms with E-state index in [4.69, 9.17) is 27.4 Å². The van der Waals surface area contributed by atoms with E-state index >= 15 is 0 Å². The van der Waals surface area contributed by atoms with Crippen LogP contribution in [-0.4, -0.2) is 33.2 Å². The fourth-order valence-electron chi connectivity index (χ4n) is 6.83. The van der Waals surface area contributed by atoms with Crippen molar-refractivity contribution in [3.8, 4) is 23.0 Å². The third kappa shape index (κ3) is 8.94. The second-order valence-corrected chi connectivity index (χ2v) is 22.7. The van der Waals surface area contributed by atoms with E-state index in [0.29, 0.717) is 28.8 Å². The van der Waals surface area contributed by atoms with Crippen LogP contribution in [0.2, 0.25) is 0 Å². The number of aliphatic hydroxyl groups excluding tert-OH is 2. The number of aliphatic hydroxyl groups is 2. The van der Waals surface area contributed by atoms with Crippen molar-refractivity contribution < 1.29 is 37.6 Å². The minimum atomic E-state index is -4.10. The van der Waals surface area contributed by atoms with Crippen LogP contribution in [0.4, 0.5) is 0 Å². The number of allylic oxidation sites excluding steroid dienone is 5. The molecule has 0 spiro atoms. The summed E-state index contributed by atoms with van der Waals surface area (Å²) in [5, 5.41) is 29.3. The number of ether oxygens (including phenoxy) is 1. The number of benzene rings is 3. The molecule has 290 valence electrons. The second-order valence-electron chi connectivity index (χ2n) is 13.8. The van der Waals surface area contributed by atoms with Gasteiger partial charge in [0.05, 0.1) is 0 Å². The average Bonchev–Trinajstić information content (AvgIpc) is 3.70. The van der Waals surface area contributed by atoms with Crippen molar-refractivity contribution in [3.05, 3.63) is 169 Å². The molecule has 4 unspecified atom stereocenters. The molecule has 14 heteroatoms. The molecule has 4 aromatic rings. The first-order chi connectivity index (χ1) is 26.5. The van der Waals surface area contributed by atoms with Crippen molar-refractivity contribution in [2.24, 2.45) is 0 Å². The van der Waals surface area contributed by atoms with Gasteiger partial charge in [-0.2, -0.15) is 0 Å². The van der Waals surface area contributed by atoms with E-state index in [0.717, 1.165) is 0 Å². The fraction of sp³-hybridized carbons (Fsp3) is 0.220. The molecule has 2 saturated heterocycles. The number of hydrogen-bond donors (Lipinski definition) is 5. The van der Waals surface area contributed by atoms with Crippen LogP contribution >= 0.6 is 23.5 Å². The molecule has 3 aliphatic rings. The van der Waals surface area contributed by atoms with Crippen LogP contribution < -0.4 is 33.3 Å². The zero-order chi connectivity index (χ0) is 38.5. The fourth-order valence-corrected chi connectivity index (χ4v) is 20.5. The molecule has 0 radical (unpaired) electrons. The standard InChI is InChI=1S/C41H48N3O8P3/c1-5-6-19-31(2)48-55(51-38-26-17-10-18-27-38)43-39-40(47-35-20-11-7-12-21-35)53(39,49-36-22-13-8-14-23-36)42-32(3)54(44-55,50-37-24-15-9-16-25-37)52-41(4)29-33(45)28-34(46)30-41/h5-9,11-17,19-29,32,39-40,42-46,53-55H,30H2,1-4H3/b6-5-,31-19+. The number of hydrogen-bond acceptors (Lipinski definition) is 11. The van der Waals surface area contributed by atoms with Crippen LogP contribution in [0.5, 0.6) is 23.0 Å². The van der Waals surface area contributed by atoms with E-state index < -0.39 is 46.5 Å². The van der Waals surface area contributed by atoms with Crippen molar-refractivity contribution in [1.29, 1.82) is 0 Å². The number of nitrogens with one attached hydrogen (secondary N) is 3. The Morgan fingerprint density at radius 2 is 1.49 bits per heavy atom. The van der Waals surface area contributed by atoms with Gasteiger partial charge in [-0.05, 0) is 0 Å². The van der Waals surface area contributed by atoms with E-state index in [-0.39, 0.29) is 17.9 Å². The third-order valence-corrected chi connectivity index (χ3v) is 20.7. The van der Waals surface area contributed by atoms with Gasteiger partial charge in [0.25, 0.3) is 0 Å². The van der Waals surface area contributed by atoms with Crippen LogP contribution in [0.1, 0.15) is 34.1 Å². The maximum atomic E-state index is 10.8. The van der Waals surface area contributed by atoms with Gasteiger partial charge in [0.1, 0.15) is 0 Å². The van der Waals surface area contributed by atoms with Gasteiger partial charge in [0.2, 0.25) is 0 Å². The Bertz CT molecular complexity index is 2050. The quantitative estimate of drug-likeness (QED) is 0.0503. The summed E-state index contributed by atoms with van der Waals surface area (Å²) in [5.41, 5.74) is -1.24. The molecule has 2 aliphatic heterocycles. The molecule has 5 N–H and O–H groups in total. The van der Waals surface area contributed by atoms with Gasteiger partial charge in [0.15, 0.2) is 0 Å². The summed E-state index contributed by atoms with van der Waals surface area (Å²) in [6, 6.07) is 39.8. The summed E-state index contributed by atoms with van der Waals surface area (Å²) in [6.07, 6.45) is 8.61. The molecule has 11 nitrogen and oxygen atoms in total. The Kier molecular flexibility index (Phi) is 11.4. The third-order valence-electron chi connectivity index (χ3n) is 9.23. The molecule has 0 bridgehead atoms. The second kappa shape index (κ2) is 16.2. The Balaban J connectivity index is 1.44. The monoisotopic (exact) mass is 803 g/mol. The van der Waals surface area contributed by atoms with Crippen molar-refractivity contribution in [1.82, 2.24) is 15.0 Å². The molecular weight excluding hydrogens is 755 g/mol. The molecule has 0 amide bonds. The molecule has 4 atom stereocenters. The normalized spacial score (nSPS) is 26.8. The summed E-state index contributed by atoms with van der Waals surface area (Å²) >= 11 is 0. The summed E-state index contributed by atoms with van der Waals surface area (Å²) in [4.78, 5) is 3.79. The van der Waals surface area contributed by atoms with Crippen molar-refractivity contribution in [2.45, 2.75) is 57.1 Å². The molecular formula is C41H48N3O8P3. The first-order valence-corrected chi connectivity index (χ1v) is 23.9. The van der Waals surface area contributed by atoms with Crippen molar-refractivity contribution in [3.63, 3.8) is 0 Å². The Morgan fingerprint density at radius 1 is 0.836 bits per heavy atom. The Morgan fingerprint density at radius 3 is 2.11 bits per heavy atom. The number of para-hydroxylation sites is 3. The summed E-state index contributed by atoms with van der Waals surface area (Å²) in [7, 11) is -11.5. The first-order valence-electron chi connectivity index (χ1n) is 18.1. The van der Waals surface area contributed by atoms with Crippen LogP contribution in [0.25, 0.3) is 0 Å². The number of rotatable bonds is 13. The molecule has 2 fully saturated rings. The van der Waals surface area contributed by atoms with Crippen molar-refractivity contribution >= 4 is 23.5 Å². The Hall–Kier alpha value is -4.61. The topological polar surface area (TPSA) is 132 Å². The molecule has 4 aromatic carbocycles. The van der Waals surface area contributed by atoms with Gasteiger partial charge in [0, 0.05) is 0 Å². The minimum absolute atomic E-state index is 0.0370. The zero-order valence-corrected chi connectivity index (χ0v) is 34.1. The molecule has 2 heterocycles. The van der Waals surface area contributed by atoms with Gasteiger partial charge in [-0.3, -0.25) is 0 Å². The van der Waals surface area contributed by atoms with E-state index in [9.17, 15) is 10.2 Å². The molecule has 0 saturated carbocycles. The zero-order valence-electron chi connectivity index (χ0n) is 31.1. The molecule has 7 rings (SSSR count). The van der Waals surface area contributed by atoms with Gasteiger partial charge in [-0.25, -0.2) is 0 Å². The van der Waals surface area contributed by atoms with Crippen molar-refractivity contribution in [2.75, 3.05) is 0 Å². The summed E-state index contributed by atoms with van der Waals surface area (Å²) < 4.78 is 42.4.